The van der Waals surface area contributed by atoms with Crippen LogP contribution in [0.15, 0.2) is 21.1 Å². The van der Waals surface area contributed by atoms with E-state index in [0.717, 1.165) is 21.4 Å². The second-order valence-electron chi connectivity index (χ2n) is 4.99. The Labute approximate surface area is 121 Å². The van der Waals surface area contributed by atoms with Crippen LogP contribution >= 0.6 is 31.9 Å². The van der Waals surface area contributed by atoms with Crippen molar-refractivity contribution in [3.8, 4) is 0 Å². The van der Waals surface area contributed by atoms with Gasteiger partial charge in [-0.15, -0.1) is 0 Å². The quantitative estimate of drug-likeness (QED) is 0.749. The fourth-order valence-corrected chi connectivity index (χ4v) is 4.20. The highest BCUT2D eigenvalue weighted by atomic mass is 79.9. The van der Waals surface area contributed by atoms with Gasteiger partial charge in [0, 0.05) is 15.5 Å². The van der Waals surface area contributed by atoms with Crippen molar-refractivity contribution in [3.63, 3.8) is 0 Å². The first-order valence-corrected chi connectivity index (χ1v) is 7.95. The van der Waals surface area contributed by atoms with E-state index in [1.54, 1.807) is 0 Å². The largest absolute Gasteiger partial charge is 0.383 e. The molecule has 0 amide bonds. The normalized spacial score (nSPS) is 17.1. The van der Waals surface area contributed by atoms with Gasteiger partial charge in [0.1, 0.15) is 0 Å². The first-order valence-electron chi connectivity index (χ1n) is 6.36. The maximum atomic E-state index is 3.63. The van der Waals surface area contributed by atoms with Crippen molar-refractivity contribution >= 4 is 37.5 Å². The molecule has 0 unspecified atom stereocenters. The Hall–Kier alpha value is -0.0200. The zero-order chi connectivity index (χ0) is 12.3. The molecule has 1 aromatic rings. The molecule has 1 aliphatic rings. The summed E-state index contributed by atoms with van der Waals surface area (Å²) >= 11 is 7.26. The van der Waals surface area contributed by atoms with Crippen molar-refractivity contribution in [1.29, 1.82) is 0 Å². The summed E-state index contributed by atoms with van der Waals surface area (Å²) < 4.78 is 2.31. The van der Waals surface area contributed by atoms with E-state index < -0.39 is 0 Å². The van der Waals surface area contributed by atoms with E-state index in [1.807, 2.05) is 0 Å². The van der Waals surface area contributed by atoms with Gasteiger partial charge in [-0.3, -0.25) is 0 Å². The summed E-state index contributed by atoms with van der Waals surface area (Å²) in [5, 5.41) is 3.58. The van der Waals surface area contributed by atoms with Crippen LogP contribution in [0.25, 0.3) is 0 Å². The Morgan fingerprint density at radius 1 is 1.12 bits per heavy atom. The second kappa shape index (κ2) is 6.24. The number of halogens is 2. The summed E-state index contributed by atoms with van der Waals surface area (Å²) in [6, 6.07) is 4.32. The van der Waals surface area contributed by atoms with Gasteiger partial charge in [-0.25, -0.2) is 0 Å². The lowest BCUT2D eigenvalue weighted by Crippen LogP contribution is -2.17. The molecule has 0 heterocycles. The molecule has 0 aromatic heterocycles. The van der Waals surface area contributed by atoms with Crippen LogP contribution in [0.1, 0.15) is 37.7 Å². The molecule has 0 aliphatic heterocycles. The predicted molar refractivity (Wildman–Crippen MR) is 81.6 cm³/mol. The minimum Gasteiger partial charge on any atom is -0.383 e. The number of anilines is 1. The molecule has 0 saturated heterocycles. The average molecular weight is 361 g/mol. The van der Waals surface area contributed by atoms with Gasteiger partial charge in [0.2, 0.25) is 0 Å². The third-order valence-electron chi connectivity index (χ3n) is 3.48. The number of benzene rings is 1. The summed E-state index contributed by atoms with van der Waals surface area (Å²) in [5.41, 5.74) is 2.47. The average Bonchev–Trinajstić information content (AvgIpc) is 2.29. The lowest BCUT2D eigenvalue weighted by atomic mass is 9.89. The van der Waals surface area contributed by atoms with Crippen molar-refractivity contribution < 1.29 is 0 Å². The third kappa shape index (κ3) is 3.72. The van der Waals surface area contributed by atoms with E-state index in [2.05, 4.69) is 56.2 Å². The fraction of sp³-hybridized carbons (Fsp3) is 0.571. The number of aryl methyl sites for hydroxylation is 1. The second-order valence-corrected chi connectivity index (χ2v) is 6.70. The number of hydrogen-bond donors (Lipinski definition) is 1. The van der Waals surface area contributed by atoms with Crippen LogP contribution in [-0.2, 0) is 0 Å². The monoisotopic (exact) mass is 359 g/mol. The van der Waals surface area contributed by atoms with Crippen molar-refractivity contribution in [2.24, 2.45) is 5.92 Å². The van der Waals surface area contributed by atoms with Crippen LogP contribution < -0.4 is 5.32 Å². The number of rotatable bonds is 3. The Morgan fingerprint density at radius 2 is 1.71 bits per heavy atom. The van der Waals surface area contributed by atoms with E-state index in [4.69, 9.17) is 0 Å². The van der Waals surface area contributed by atoms with Crippen molar-refractivity contribution in [1.82, 2.24) is 0 Å². The minimum atomic E-state index is 0.851. The van der Waals surface area contributed by atoms with Gasteiger partial charge in [0.15, 0.2) is 0 Å². The molecular formula is C14H19Br2N. The van der Waals surface area contributed by atoms with Crippen molar-refractivity contribution in [3.05, 3.63) is 26.6 Å². The van der Waals surface area contributed by atoms with Crippen LogP contribution in [0.3, 0.4) is 0 Å². The highest BCUT2D eigenvalue weighted by Gasteiger charge is 2.14. The van der Waals surface area contributed by atoms with Crippen molar-refractivity contribution in [2.45, 2.75) is 39.0 Å². The molecule has 1 aromatic carbocycles. The van der Waals surface area contributed by atoms with E-state index in [0.29, 0.717) is 0 Å². The molecule has 94 valence electrons. The molecule has 0 bridgehead atoms. The van der Waals surface area contributed by atoms with Crippen LogP contribution in [0.4, 0.5) is 5.69 Å². The first kappa shape index (κ1) is 13.4. The summed E-state index contributed by atoms with van der Waals surface area (Å²) in [4.78, 5) is 0. The van der Waals surface area contributed by atoms with Gasteiger partial charge in [-0.05, 0) is 75.2 Å². The molecule has 1 saturated carbocycles. The summed E-state index contributed by atoms with van der Waals surface area (Å²) in [6.07, 6.45) is 7.00. The summed E-state index contributed by atoms with van der Waals surface area (Å²) in [7, 11) is 0. The van der Waals surface area contributed by atoms with E-state index in [1.165, 1.54) is 43.4 Å². The molecule has 0 radical (unpaired) electrons. The molecule has 1 aliphatic carbocycles. The van der Waals surface area contributed by atoms with E-state index >= 15 is 0 Å². The van der Waals surface area contributed by atoms with Crippen LogP contribution in [0.2, 0.25) is 0 Å². The molecule has 2 rings (SSSR count). The zero-order valence-corrected chi connectivity index (χ0v) is 13.4. The van der Waals surface area contributed by atoms with E-state index in [9.17, 15) is 0 Å². The van der Waals surface area contributed by atoms with Gasteiger partial charge in [-0.1, -0.05) is 19.3 Å². The first-order chi connectivity index (χ1) is 8.16. The Kier molecular flexibility index (Phi) is 4.92. The molecule has 17 heavy (non-hydrogen) atoms. The maximum Gasteiger partial charge on any atom is 0.0629 e. The predicted octanol–water partition coefficient (Wildman–Crippen LogP) is 5.51. The van der Waals surface area contributed by atoms with Gasteiger partial charge in [0.05, 0.1) is 5.69 Å². The minimum absolute atomic E-state index is 0.851. The number of hydrogen-bond acceptors (Lipinski definition) is 1. The fourth-order valence-electron chi connectivity index (χ4n) is 2.51. The van der Waals surface area contributed by atoms with Crippen LogP contribution in [-0.4, -0.2) is 6.54 Å². The highest BCUT2D eigenvalue weighted by Crippen LogP contribution is 2.33. The highest BCUT2D eigenvalue weighted by molar-refractivity contribution is 9.11. The molecule has 3 heteroatoms. The van der Waals surface area contributed by atoms with Gasteiger partial charge >= 0.3 is 0 Å². The van der Waals surface area contributed by atoms with Gasteiger partial charge in [0.25, 0.3) is 0 Å². The van der Waals surface area contributed by atoms with Gasteiger partial charge < -0.3 is 5.32 Å². The summed E-state index contributed by atoms with van der Waals surface area (Å²) in [5.74, 6) is 0.851. The maximum absolute atomic E-state index is 3.63. The molecular weight excluding hydrogens is 342 g/mol. The lowest BCUT2D eigenvalue weighted by molar-refractivity contribution is 0.373. The molecule has 1 N–H and O–H groups in total. The Bertz CT molecular complexity index is 361. The van der Waals surface area contributed by atoms with Crippen LogP contribution in [0.5, 0.6) is 0 Å². The Balaban J connectivity index is 1.98. The lowest BCUT2D eigenvalue weighted by Gasteiger charge is -2.23. The molecule has 1 nitrogen and oxygen atoms in total. The van der Waals surface area contributed by atoms with Gasteiger partial charge in [-0.2, -0.15) is 0 Å². The molecule has 1 fully saturated rings. The zero-order valence-electron chi connectivity index (χ0n) is 10.2. The molecule has 0 spiro atoms. The van der Waals surface area contributed by atoms with Crippen LogP contribution in [0, 0.1) is 12.8 Å². The van der Waals surface area contributed by atoms with Crippen molar-refractivity contribution in [2.75, 3.05) is 11.9 Å². The smallest absolute Gasteiger partial charge is 0.0629 e. The SMILES string of the molecule is Cc1cc(Br)c(NCC2CCCCC2)c(Br)c1. The molecule has 0 atom stereocenters. The third-order valence-corrected chi connectivity index (χ3v) is 4.73. The number of nitrogens with one attached hydrogen (secondary N) is 1. The Morgan fingerprint density at radius 3 is 2.29 bits per heavy atom. The topological polar surface area (TPSA) is 12.0 Å². The summed E-state index contributed by atoms with van der Waals surface area (Å²) in [6.45, 7) is 3.21. The standard InChI is InChI=1S/C14H19Br2N/c1-10-7-12(15)14(13(16)8-10)17-9-11-5-3-2-4-6-11/h7-8,11,17H,2-6,9H2,1H3. The van der Waals surface area contributed by atoms with E-state index in [-0.39, 0.29) is 0 Å².